The Hall–Kier alpha value is -1.36. The first-order chi connectivity index (χ1) is 9.58. The number of carbonyl (C=O) groups excluding carboxylic acids is 1. The second-order valence-corrected chi connectivity index (χ2v) is 6.43. The molecule has 1 aromatic heterocycles. The Kier molecular flexibility index (Phi) is 5.17. The normalized spacial score (nSPS) is 20.6. The molecule has 0 radical (unpaired) electrons. The van der Waals surface area contributed by atoms with Crippen LogP contribution in [0, 0.1) is 0 Å². The first-order valence-corrected chi connectivity index (χ1v) is 8.00. The van der Waals surface area contributed by atoms with E-state index >= 15 is 0 Å². The summed E-state index contributed by atoms with van der Waals surface area (Å²) in [7, 11) is 0. The van der Waals surface area contributed by atoms with E-state index in [4.69, 9.17) is 5.11 Å². The molecule has 110 valence electrons. The molecular formula is C15H21NO3S. The quantitative estimate of drug-likeness (QED) is 0.908. The molecule has 5 heteroatoms. The van der Waals surface area contributed by atoms with Gasteiger partial charge in [-0.1, -0.05) is 6.07 Å². The van der Waals surface area contributed by atoms with Crippen LogP contribution in [0.15, 0.2) is 17.5 Å². The fourth-order valence-electron chi connectivity index (χ4n) is 2.80. The van der Waals surface area contributed by atoms with E-state index in [9.17, 15) is 9.59 Å². The van der Waals surface area contributed by atoms with Gasteiger partial charge in [0.2, 0.25) is 5.91 Å². The molecule has 1 aliphatic heterocycles. The van der Waals surface area contributed by atoms with Crippen LogP contribution in [-0.4, -0.2) is 34.5 Å². The van der Waals surface area contributed by atoms with Gasteiger partial charge in [0.15, 0.2) is 0 Å². The van der Waals surface area contributed by atoms with Gasteiger partial charge in [0.1, 0.15) is 0 Å². The molecule has 1 fully saturated rings. The number of likely N-dealkylation sites (tertiary alicyclic amines) is 1. The zero-order chi connectivity index (χ0) is 14.5. The zero-order valence-corrected chi connectivity index (χ0v) is 12.6. The Morgan fingerprint density at radius 2 is 2.25 bits per heavy atom. The van der Waals surface area contributed by atoms with Crippen LogP contribution >= 0.6 is 11.3 Å². The van der Waals surface area contributed by atoms with Gasteiger partial charge in [-0.25, -0.2) is 0 Å². The number of carbonyl (C=O) groups is 2. The maximum absolute atomic E-state index is 12.4. The highest BCUT2D eigenvalue weighted by atomic mass is 32.1. The summed E-state index contributed by atoms with van der Waals surface area (Å²) < 4.78 is 0. The fourth-order valence-corrected chi connectivity index (χ4v) is 3.63. The van der Waals surface area contributed by atoms with E-state index in [1.165, 1.54) is 17.8 Å². The number of hydrogen-bond donors (Lipinski definition) is 1. The van der Waals surface area contributed by atoms with Gasteiger partial charge >= 0.3 is 5.97 Å². The first kappa shape index (κ1) is 15.0. The van der Waals surface area contributed by atoms with Crippen LogP contribution in [-0.2, 0) is 9.59 Å². The molecule has 0 bridgehead atoms. The predicted octanol–water partition coefficient (Wildman–Crippen LogP) is 3.10. The Balaban J connectivity index is 2.03. The molecule has 2 atom stereocenters. The molecule has 1 saturated heterocycles. The molecule has 4 nitrogen and oxygen atoms in total. The van der Waals surface area contributed by atoms with Gasteiger partial charge in [0.05, 0.1) is 6.42 Å². The van der Waals surface area contributed by atoms with Crippen molar-refractivity contribution in [3.63, 3.8) is 0 Å². The van der Waals surface area contributed by atoms with Crippen LogP contribution < -0.4 is 0 Å². The van der Waals surface area contributed by atoms with Crippen molar-refractivity contribution in [3.8, 4) is 0 Å². The van der Waals surface area contributed by atoms with E-state index < -0.39 is 5.97 Å². The van der Waals surface area contributed by atoms with Crippen LogP contribution in [0.25, 0.3) is 0 Å². The minimum absolute atomic E-state index is 0.0223. The van der Waals surface area contributed by atoms with Crippen molar-refractivity contribution in [1.29, 1.82) is 0 Å². The number of carboxylic acid groups (broad SMARTS) is 1. The summed E-state index contributed by atoms with van der Waals surface area (Å²) in [5.74, 6) is -0.950. The number of piperidine rings is 1. The molecule has 2 heterocycles. The third-order valence-corrected chi connectivity index (χ3v) is 4.95. The third kappa shape index (κ3) is 3.82. The van der Waals surface area contributed by atoms with Crippen molar-refractivity contribution < 1.29 is 14.7 Å². The Morgan fingerprint density at radius 1 is 1.45 bits per heavy atom. The lowest BCUT2D eigenvalue weighted by atomic mass is 9.96. The fraction of sp³-hybridized carbons (Fsp3) is 0.600. The predicted molar refractivity (Wildman–Crippen MR) is 79.0 cm³/mol. The summed E-state index contributed by atoms with van der Waals surface area (Å²) in [5.41, 5.74) is 0. The third-order valence-electron chi connectivity index (χ3n) is 3.91. The Morgan fingerprint density at radius 3 is 2.85 bits per heavy atom. The molecule has 0 aromatic carbocycles. The summed E-state index contributed by atoms with van der Waals surface area (Å²) in [4.78, 5) is 26.4. The molecule has 0 saturated carbocycles. The highest BCUT2D eigenvalue weighted by Crippen LogP contribution is 2.29. The SMILES string of the molecule is CC1CCCCN1C(=O)CC(CC(=O)O)c1cccs1. The molecule has 2 unspecified atom stereocenters. The lowest BCUT2D eigenvalue weighted by Crippen LogP contribution is -2.42. The number of thiophene rings is 1. The average Bonchev–Trinajstić information content (AvgIpc) is 2.91. The van der Waals surface area contributed by atoms with Crippen molar-refractivity contribution in [2.75, 3.05) is 6.54 Å². The van der Waals surface area contributed by atoms with Gasteiger partial charge in [0.25, 0.3) is 0 Å². The van der Waals surface area contributed by atoms with Crippen molar-refractivity contribution in [1.82, 2.24) is 4.90 Å². The molecule has 1 N–H and O–H groups in total. The zero-order valence-electron chi connectivity index (χ0n) is 11.7. The Labute approximate surface area is 123 Å². The van der Waals surface area contributed by atoms with Gasteiger partial charge in [0, 0.05) is 29.8 Å². The van der Waals surface area contributed by atoms with E-state index in [2.05, 4.69) is 6.92 Å². The van der Waals surface area contributed by atoms with Crippen LogP contribution in [0.3, 0.4) is 0 Å². The number of amides is 1. The minimum Gasteiger partial charge on any atom is -0.481 e. The van der Waals surface area contributed by atoms with E-state index in [1.807, 2.05) is 22.4 Å². The largest absolute Gasteiger partial charge is 0.481 e. The van der Waals surface area contributed by atoms with Crippen LogP contribution in [0.2, 0.25) is 0 Å². The maximum Gasteiger partial charge on any atom is 0.304 e. The number of rotatable bonds is 5. The molecule has 1 amide bonds. The number of hydrogen-bond acceptors (Lipinski definition) is 3. The number of nitrogens with zero attached hydrogens (tertiary/aromatic N) is 1. The smallest absolute Gasteiger partial charge is 0.304 e. The van der Waals surface area contributed by atoms with Crippen LogP contribution in [0.5, 0.6) is 0 Å². The van der Waals surface area contributed by atoms with Gasteiger partial charge in [-0.15, -0.1) is 11.3 Å². The first-order valence-electron chi connectivity index (χ1n) is 7.12. The number of carboxylic acids is 1. The molecule has 1 aliphatic rings. The maximum atomic E-state index is 12.4. The van der Waals surface area contributed by atoms with Crippen molar-refractivity contribution in [2.45, 2.75) is 51.0 Å². The second kappa shape index (κ2) is 6.88. The summed E-state index contributed by atoms with van der Waals surface area (Å²) in [6.07, 6.45) is 3.60. The van der Waals surface area contributed by atoms with Crippen molar-refractivity contribution >= 4 is 23.2 Å². The van der Waals surface area contributed by atoms with Crippen molar-refractivity contribution in [2.24, 2.45) is 0 Å². The lowest BCUT2D eigenvalue weighted by molar-refractivity contribution is -0.138. The number of aliphatic carboxylic acids is 1. The topological polar surface area (TPSA) is 57.6 Å². The summed E-state index contributed by atoms with van der Waals surface area (Å²) in [5, 5.41) is 11.0. The molecule has 0 spiro atoms. The van der Waals surface area contributed by atoms with Gasteiger partial charge in [-0.3, -0.25) is 9.59 Å². The average molecular weight is 295 g/mol. The summed E-state index contributed by atoms with van der Waals surface area (Å²) in [6.45, 7) is 2.89. The van der Waals surface area contributed by atoms with Gasteiger partial charge < -0.3 is 10.0 Å². The van der Waals surface area contributed by atoms with E-state index in [-0.39, 0.29) is 24.3 Å². The van der Waals surface area contributed by atoms with E-state index in [0.717, 1.165) is 24.3 Å². The van der Waals surface area contributed by atoms with Crippen molar-refractivity contribution in [3.05, 3.63) is 22.4 Å². The molecular weight excluding hydrogens is 274 g/mol. The summed E-state index contributed by atoms with van der Waals surface area (Å²) in [6, 6.07) is 4.11. The van der Waals surface area contributed by atoms with Crippen LogP contribution in [0.4, 0.5) is 0 Å². The van der Waals surface area contributed by atoms with E-state index in [1.54, 1.807) is 0 Å². The standard InChI is InChI=1S/C15H21NO3S/c1-11-5-2-3-7-16(11)14(17)9-12(10-15(18)19)13-6-4-8-20-13/h4,6,8,11-12H,2-3,5,7,9-10H2,1H3,(H,18,19). The van der Waals surface area contributed by atoms with E-state index in [0.29, 0.717) is 6.42 Å². The van der Waals surface area contributed by atoms with Gasteiger partial charge in [-0.2, -0.15) is 0 Å². The molecule has 2 rings (SSSR count). The highest BCUT2D eigenvalue weighted by Gasteiger charge is 2.27. The second-order valence-electron chi connectivity index (χ2n) is 5.45. The molecule has 20 heavy (non-hydrogen) atoms. The van der Waals surface area contributed by atoms with Crippen LogP contribution in [0.1, 0.15) is 49.8 Å². The monoisotopic (exact) mass is 295 g/mol. The highest BCUT2D eigenvalue weighted by molar-refractivity contribution is 7.10. The molecule has 1 aromatic rings. The molecule has 0 aliphatic carbocycles. The Bertz CT molecular complexity index is 458. The minimum atomic E-state index is -0.845. The van der Waals surface area contributed by atoms with Gasteiger partial charge in [-0.05, 0) is 37.6 Å². The lowest BCUT2D eigenvalue weighted by Gasteiger charge is -2.34. The summed E-state index contributed by atoms with van der Waals surface area (Å²) >= 11 is 1.53.